The van der Waals surface area contributed by atoms with E-state index in [1.165, 1.54) is 37.7 Å². The van der Waals surface area contributed by atoms with Crippen molar-refractivity contribution in [3.05, 3.63) is 60.2 Å². The Labute approximate surface area is 179 Å². The normalized spacial score (nSPS) is 18.3. The van der Waals surface area contributed by atoms with E-state index in [4.69, 9.17) is 0 Å². The van der Waals surface area contributed by atoms with Gasteiger partial charge in [0.15, 0.2) is 0 Å². The summed E-state index contributed by atoms with van der Waals surface area (Å²) in [6.07, 6.45) is 2.50. The highest BCUT2D eigenvalue weighted by Crippen LogP contribution is 2.24. The highest BCUT2D eigenvalue weighted by Gasteiger charge is 2.23. The zero-order valence-corrected chi connectivity index (χ0v) is 18.7. The van der Waals surface area contributed by atoms with E-state index in [1.54, 1.807) is 18.2 Å². The number of sulfonamides is 1. The lowest BCUT2D eigenvalue weighted by Gasteiger charge is -2.33. The van der Waals surface area contributed by atoms with Gasteiger partial charge in [-0.3, -0.25) is 4.79 Å². The maximum absolute atomic E-state index is 12.6. The quantitative estimate of drug-likeness (QED) is 0.732. The fraction of sp³-hybridized carbons (Fsp3) is 0.435. The first kappa shape index (κ1) is 22.3. The van der Waals surface area contributed by atoms with Crippen LogP contribution in [0, 0.1) is 5.92 Å². The first-order valence-corrected chi connectivity index (χ1v) is 11.9. The predicted molar refractivity (Wildman–Crippen MR) is 120 cm³/mol. The van der Waals surface area contributed by atoms with Crippen molar-refractivity contribution in [2.45, 2.75) is 37.6 Å². The predicted octanol–water partition coefficient (Wildman–Crippen LogP) is 3.42. The van der Waals surface area contributed by atoms with Crippen LogP contribution in [0.1, 0.15) is 38.3 Å². The van der Waals surface area contributed by atoms with Crippen LogP contribution < -0.4 is 10.2 Å². The van der Waals surface area contributed by atoms with Gasteiger partial charge in [-0.1, -0.05) is 37.3 Å². The molecule has 0 spiro atoms. The van der Waals surface area contributed by atoms with Crippen molar-refractivity contribution in [2.24, 2.45) is 5.92 Å². The molecule has 2 aromatic rings. The summed E-state index contributed by atoms with van der Waals surface area (Å²) in [7, 11) is -2.27. The van der Waals surface area contributed by atoms with Gasteiger partial charge in [0.2, 0.25) is 15.9 Å². The molecule has 0 aliphatic carbocycles. The molecule has 0 bridgehead atoms. The van der Waals surface area contributed by atoms with E-state index in [-0.39, 0.29) is 23.4 Å². The van der Waals surface area contributed by atoms with Gasteiger partial charge in [-0.05, 0) is 55.5 Å². The molecule has 1 aliphatic rings. The van der Waals surface area contributed by atoms with Crippen LogP contribution in [0.4, 0.5) is 5.69 Å². The fourth-order valence-corrected chi connectivity index (χ4v) is 4.98. The molecule has 1 aliphatic heterocycles. The summed E-state index contributed by atoms with van der Waals surface area (Å²) < 4.78 is 26.2. The molecule has 6 nitrogen and oxygen atoms in total. The third-order valence-electron chi connectivity index (χ3n) is 5.61. The van der Waals surface area contributed by atoms with E-state index >= 15 is 0 Å². The Hall–Kier alpha value is -2.38. The van der Waals surface area contributed by atoms with Gasteiger partial charge in [0.25, 0.3) is 0 Å². The summed E-state index contributed by atoms with van der Waals surface area (Å²) in [6.45, 7) is 6.12. The summed E-state index contributed by atoms with van der Waals surface area (Å²) in [5.41, 5.74) is 2.20. The molecule has 0 aromatic heterocycles. The second-order valence-electron chi connectivity index (χ2n) is 8.15. The topological polar surface area (TPSA) is 69.7 Å². The number of hydrogen-bond donors (Lipinski definition) is 1. The lowest BCUT2D eigenvalue weighted by atomic mass is 9.99. The van der Waals surface area contributed by atoms with Crippen LogP contribution in [0.5, 0.6) is 0 Å². The molecule has 0 radical (unpaired) electrons. The molecule has 1 N–H and O–H groups in total. The van der Waals surface area contributed by atoms with Crippen LogP contribution in [-0.4, -0.2) is 45.3 Å². The molecule has 0 unspecified atom stereocenters. The number of likely N-dealkylation sites (N-methyl/N-ethyl adjacent to an activating group) is 1. The number of carbonyl (C=O) groups is 1. The minimum absolute atomic E-state index is 0.177. The Morgan fingerprint density at radius 3 is 2.47 bits per heavy atom. The number of nitrogens with zero attached hydrogens (tertiary/aromatic N) is 2. The third kappa shape index (κ3) is 5.40. The first-order valence-electron chi connectivity index (χ1n) is 10.4. The molecule has 2 atom stereocenters. The number of carbonyl (C=O) groups excluding carboxylic acids is 1. The van der Waals surface area contributed by atoms with Gasteiger partial charge < -0.3 is 10.2 Å². The first-order chi connectivity index (χ1) is 14.3. The monoisotopic (exact) mass is 429 g/mol. The number of piperidine rings is 1. The third-order valence-corrected chi connectivity index (χ3v) is 7.43. The number of anilines is 1. The summed E-state index contributed by atoms with van der Waals surface area (Å²) >= 11 is 0. The SMILES string of the molecule is C[C@@H]1CCCN(c2ccc([C@@H](C)NC(=O)CN(C)S(=O)(=O)c3ccccc3)cc2)C1. The molecular weight excluding hydrogens is 398 g/mol. The molecule has 2 aromatic carbocycles. The Balaban J connectivity index is 1.57. The van der Waals surface area contributed by atoms with Crippen molar-refractivity contribution < 1.29 is 13.2 Å². The number of amides is 1. The average Bonchev–Trinajstić information content (AvgIpc) is 2.74. The van der Waals surface area contributed by atoms with Crippen LogP contribution in [0.3, 0.4) is 0 Å². The lowest BCUT2D eigenvalue weighted by molar-refractivity contribution is -0.121. The summed E-state index contributed by atoms with van der Waals surface area (Å²) in [6, 6.07) is 16.2. The molecule has 1 saturated heterocycles. The molecule has 30 heavy (non-hydrogen) atoms. The number of benzene rings is 2. The number of nitrogens with one attached hydrogen (secondary N) is 1. The average molecular weight is 430 g/mol. The van der Waals surface area contributed by atoms with Gasteiger partial charge in [0, 0.05) is 25.8 Å². The Kier molecular flexibility index (Phi) is 7.15. The largest absolute Gasteiger partial charge is 0.371 e. The van der Waals surface area contributed by atoms with Crippen molar-refractivity contribution in [2.75, 3.05) is 31.6 Å². The van der Waals surface area contributed by atoms with E-state index in [2.05, 4.69) is 29.3 Å². The van der Waals surface area contributed by atoms with Crippen molar-refractivity contribution in [1.82, 2.24) is 9.62 Å². The van der Waals surface area contributed by atoms with Crippen LogP contribution >= 0.6 is 0 Å². The van der Waals surface area contributed by atoms with Crippen LogP contribution in [0.2, 0.25) is 0 Å². The minimum Gasteiger partial charge on any atom is -0.371 e. The second-order valence-corrected chi connectivity index (χ2v) is 10.2. The minimum atomic E-state index is -3.69. The Morgan fingerprint density at radius 1 is 1.17 bits per heavy atom. The van der Waals surface area contributed by atoms with Crippen molar-refractivity contribution >= 4 is 21.6 Å². The Morgan fingerprint density at radius 2 is 1.83 bits per heavy atom. The van der Waals surface area contributed by atoms with Crippen molar-refractivity contribution in [3.63, 3.8) is 0 Å². The molecule has 3 rings (SSSR count). The standard InChI is InChI=1S/C23H31N3O3S/c1-18-8-7-15-26(16-18)21-13-11-20(12-14-21)19(2)24-23(27)17-25(3)30(28,29)22-9-5-4-6-10-22/h4-6,9-14,18-19H,7-8,15-17H2,1-3H3,(H,24,27)/t18-,19-/m1/s1. The van der Waals surface area contributed by atoms with Crippen LogP contribution in [-0.2, 0) is 14.8 Å². The van der Waals surface area contributed by atoms with E-state index in [0.29, 0.717) is 5.92 Å². The number of rotatable bonds is 7. The van der Waals surface area contributed by atoms with E-state index in [9.17, 15) is 13.2 Å². The fourth-order valence-electron chi connectivity index (χ4n) is 3.83. The van der Waals surface area contributed by atoms with E-state index in [1.807, 2.05) is 19.1 Å². The number of hydrogen-bond acceptors (Lipinski definition) is 4. The molecule has 7 heteroatoms. The van der Waals surface area contributed by atoms with E-state index < -0.39 is 10.0 Å². The summed E-state index contributed by atoms with van der Waals surface area (Å²) in [5, 5.41) is 2.90. The Bertz CT molecular complexity index is 945. The van der Waals surface area contributed by atoms with Gasteiger partial charge in [-0.2, -0.15) is 4.31 Å². The zero-order valence-electron chi connectivity index (χ0n) is 17.9. The molecule has 1 fully saturated rings. The summed E-state index contributed by atoms with van der Waals surface area (Å²) in [4.78, 5) is 15.0. The zero-order chi connectivity index (χ0) is 21.7. The van der Waals surface area contributed by atoms with Gasteiger partial charge >= 0.3 is 0 Å². The highest BCUT2D eigenvalue weighted by molar-refractivity contribution is 7.89. The second kappa shape index (κ2) is 9.62. The van der Waals surface area contributed by atoms with Gasteiger partial charge in [-0.25, -0.2) is 8.42 Å². The van der Waals surface area contributed by atoms with Crippen molar-refractivity contribution in [1.29, 1.82) is 0 Å². The molecule has 1 heterocycles. The lowest BCUT2D eigenvalue weighted by Crippen LogP contribution is -2.39. The maximum Gasteiger partial charge on any atom is 0.243 e. The smallest absolute Gasteiger partial charge is 0.243 e. The van der Waals surface area contributed by atoms with E-state index in [0.717, 1.165) is 23.0 Å². The van der Waals surface area contributed by atoms with Gasteiger partial charge in [0.05, 0.1) is 17.5 Å². The van der Waals surface area contributed by atoms with Crippen LogP contribution in [0.15, 0.2) is 59.5 Å². The summed E-state index contributed by atoms with van der Waals surface area (Å²) in [5.74, 6) is 0.374. The van der Waals surface area contributed by atoms with Gasteiger partial charge in [-0.15, -0.1) is 0 Å². The highest BCUT2D eigenvalue weighted by atomic mass is 32.2. The molecular formula is C23H31N3O3S. The molecule has 162 valence electrons. The van der Waals surface area contributed by atoms with Gasteiger partial charge in [0.1, 0.15) is 0 Å². The van der Waals surface area contributed by atoms with Crippen LogP contribution in [0.25, 0.3) is 0 Å². The molecule has 1 amide bonds. The molecule has 0 saturated carbocycles. The van der Waals surface area contributed by atoms with Crippen molar-refractivity contribution in [3.8, 4) is 0 Å². The maximum atomic E-state index is 12.6.